The summed E-state index contributed by atoms with van der Waals surface area (Å²) in [6.07, 6.45) is 66.4. The third kappa shape index (κ3) is 27.7. The van der Waals surface area contributed by atoms with E-state index >= 15 is 0 Å². The third-order valence-corrected chi connectivity index (χ3v) is 23.1. The number of nitrogens with one attached hydrogen (secondary N) is 2. The molecule has 0 amide bonds. The number of benzene rings is 4. The molecule has 0 aliphatic carbocycles. The fourth-order valence-electron chi connectivity index (χ4n) is 16.3. The largest absolute Gasteiger partial charge is 0.324 e. The Morgan fingerprint density at radius 1 is 0.213 bits per heavy atom. The quantitative estimate of drug-likeness (QED) is 0.0275. The number of hydrogen-bond donors (Lipinski definition) is 2. The molecule has 0 saturated carbocycles. The van der Waals surface area contributed by atoms with Crippen molar-refractivity contribution in [2.75, 3.05) is 0 Å². The molecule has 0 saturated heterocycles. The van der Waals surface area contributed by atoms with E-state index in [1.807, 2.05) is 72.8 Å². The molecular weight excluding hydrogens is 1330 g/mol. The van der Waals surface area contributed by atoms with E-state index in [0.29, 0.717) is 116 Å². The van der Waals surface area contributed by atoms with Crippen molar-refractivity contribution in [3.8, 4) is 45.6 Å². The van der Waals surface area contributed by atoms with Gasteiger partial charge in [-0.15, -0.1) is 0 Å². The Morgan fingerprint density at radius 2 is 0.407 bits per heavy atom. The topological polar surface area (TPSA) is 177 Å². The molecule has 5 heterocycles. The standard InChI is InChI=1S/C96H138N8O4/c1-5-9-13-17-21-25-29-33-37-41-45-49-53-57-85(105)73-61-65-77-81(69-73)93-97-89(77)102-94-83-71-75(87(107)59-55-51-47-43-39-35-31-27-23-19-15-11-7-3)63-67-79(83)91(99-94)104-96-84-72-76(88(108)60-56-52-48-44-40-36-32-28-24-20-16-12-8-4)64-68-80(84)92(100-96)103-95-82-70-74(62-66-78(82)90(98-95)101-93)86(106)58-54-50-46-42-38-34-30-26-22-18-14-10-6-2/h61-72H,5-60H2,1-4H3,(H2,97,98,99,100,101,102,103,104). The molecule has 4 aromatic carbocycles. The van der Waals surface area contributed by atoms with Crippen LogP contribution in [0.3, 0.4) is 0 Å². The molecule has 2 aliphatic rings. The van der Waals surface area contributed by atoms with Gasteiger partial charge in [0.2, 0.25) is 0 Å². The molecule has 2 N–H and O–H groups in total. The number of aromatic amines is 2. The second-order valence-electron chi connectivity index (χ2n) is 32.3. The molecule has 12 heteroatoms. The van der Waals surface area contributed by atoms with E-state index in [-0.39, 0.29) is 23.1 Å². The minimum Gasteiger partial charge on any atom is -0.324 e. The zero-order chi connectivity index (χ0) is 75.6. The summed E-state index contributed by atoms with van der Waals surface area (Å²) in [7, 11) is 0. The summed E-state index contributed by atoms with van der Waals surface area (Å²) < 4.78 is 0. The number of carbonyl (C=O) groups excluding carboxylic acids is 4. The van der Waals surface area contributed by atoms with Crippen LogP contribution in [-0.2, 0) is 0 Å². The maximum atomic E-state index is 14.3. The highest BCUT2D eigenvalue weighted by molar-refractivity contribution is 6.11. The van der Waals surface area contributed by atoms with E-state index in [1.54, 1.807) is 0 Å². The lowest BCUT2D eigenvalue weighted by atomic mass is 9.98. The van der Waals surface area contributed by atoms with E-state index in [0.717, 1.165) is 98.9 Å². The summed E-state index contributed by atoms with van der Waals surface area (Å²) in [5, 5.41) is 2.92. The number of rotatable bonds is 60. The summed E-state index contributed by atoms with van der Waals surface area (Å²) in [5.41, 5.74) is 7.15. The van der Waals surface area contributed by atoms with Gasteiger partial charge in [0.1, 0.15) is 22.6 Å². The van der Waals surface area contributed by atoms with Crippen LogP contribution in [0, 0.1) is 0 Å². The fraction of sp³-hybridized carbons (Fsp3) is 0.625. The van der Waals surface area contributed by atoms with Gasteiger partial charge < -0.3 is 9.97 Å². The van der Waals surface area contributed by atoms with Gasteiger partial charge in [-0.2, -0.15) is 0 Å². The maximum absolute atomic E-state index is 14.3. The van der Waals surface area contributed by atoms with Gasteiger partial charge in [0, 0.05) is 91.7 Å². The van der Waals surface area contributed by atoms with Crippen LogP contribution in [0.4, 0.5) is 0 Å². The summed E-state index contributed by atoms with van der Waals surface area (Å²) in [4.78, 5) is 96.3. The van der Waals surface area contributed by atoms with Crippen molar-refractivity contribution >= 4 is 67.3 Å². The molecule has 0 radical (unpaired) electrons. The second kappa shape index (κ2) is 49.2. The van der Waals surface area contributed by atoms with E-state index < -0.39 is 0 Å². The van der Waals surface area contributed by atoms with Gasteiger partial charge in [-0.1, -0.05) is 360 Å². The van der Waals surface area contributed by atoms with Crippen molar-refractivity contribution < 1.29 is 19.2 Å². The Bertz CT molecular complexity index is 3790. The minimum absolute atomic E-state index is 0.0870. The molecule has 7 aromatic rings. The van der Waals surface area contributed by atoms with Gasteiger partial charge in [-0.25, -0.2) is 29.9 Å². The Balaban J connectivity index is 1.02. The molecule has 0 unspecified atom stereocenters. The fourth-order valence-corrected chi connectivity index (χ4v) is 16.3. The average molecular weight is 1470 g/mol. The predicted molar refractivity (Wildman–Crippen MR) is 455 cm³/mol. The molecule has 3 aromatic heterocycles. The van der Waals surface area contributed by atoms with Crippen LogP contribution in [0.25, 0.3) is 89.7 Å². The van der Waals surface area contributed by atoms with Crippen molar-refractivity contribution in [3.63, 3.8) is 0 Å². The summed E-state index contributed by atoms with van der Waals surface area (Å²) >= 11 is 0. The summed E-state index contributed by atoms with van der Waals surface area (Å²) in [6, 6.07) is 23.2. The zero-order valence-corrected chi connectivity index (χ0v) is 67.8. The van der Waals surface area contributed by atoms with E-state index in [1.165, 1.54) is 257 Å². The van der Waals surface area contributed by atoms with Gasteiger partial charge in [-0.3, -0.25) is 19.2 Å². The lowest BCUT2D eigenvalue weighted by Crippen LogP contribution is -1.99. The van der Waals surface area contributed by atoms with Crippen molar-refractivity contribution in [1.82, 2.24) is 39.9 Å². The number of nitrogens with zero attached hydrogens (tertiary/aromatic N) is 6. The van der Waals surface area contributed by atoms with E-state index in [2.05, 4.69) is 37.7 Å². The Hall–Kier alpha value is -7.08. The van der Waals surface area contributed by atoms with Crippen molar-refractivity contribution in [2.45, 2.75) is 387 Å². The molecule has 0 fully saturated rings. The van der Waals surface area contributed by atoms with Crippen LogP contribution < -0.4 is 0 Å². The van der Waals surface area contributed by atoms with Crippen LogP contribution in [-0.4, -0.2) is 63.0 Å². The molecule has 0 spiro atoms. The van der Waals surface area contributed by atoms with Gasteiger partial charge in [0.25, 0.3) is 0 Å². The first-order chi connectivity index (χ1) is 53.2. The molecule has 9 rings (SSSR count). The van der Waals surface area contributed by atoms with Crippen LogP contribution >= 0.6 is 0 Å². The Kier molecular flexibility index (Phi) is 38.7. The SMILES string of the molecule is CCCCCCCCCCCCCCCC(=O)c1ccc2c(c1)-c1nc-2nc2[nH]c(nc3nc(nc4[nH]c(n1)c1ccc(C(=O)CCCCCCCCCCCCCCC)cc41)-c1ccc(C(=O)CCCCCCCCCCCCCCC)cc1-3)c1ccc(C(=O)CCCCCCCCCCCCCCC)cc21. The number of fused-ring (bicyclic) bond motifs is 20. The predicted octanol–water partition coefficient (Wildman–Crippen LogP) is 29.5. The average Bonchev–Trinajstić information content (AvgIpc) is 1.60. The highest BCUT2D eigenvalue weighted by atomic mass is 16.1. The highest BCUT2D eigenvalue weighted by Gasteiger charge is 2.26. The maximum Gasteiger partial charge on any atom is 0.164 e. The second-order valence-corrected chi connectivity index (χ2v) is 32.3. The third-order valence-electron chi connectivity index (χ3n) is 23.1. The van der Waals surface area contributed by atoms with E-state index in [9.17, 15) is 19.2 Å². The normalized spacial score (nSPS) is 11.9. The first-order valence-corrected chi connectivity index (χ1v) is 44.7. The number of H-pyrrole nitrogens is 2. The first kappa shape index (κ1) is 84.9. The molecule has 0 atom stereocenters. The molecule has 12 nitrogen and oxygen atoms in total. The number of ketones is 4. The molecule has 2 aliphatic heterocycles. The van der Waals surface area contributed by atoms with Crippen molar-refractivity contribution in [3.05, 3.63) is 95.1 Å². The molecule has 108 heavy (non-hydrogen) atoms. The lowest BCUT2D eigenvalue weighted by Gasteiger charge is -2.05. The number of carbonyl (C=O) groups is 4. The van der Waals surface area contributed by atoms with Crippen molar-refractivity contribution in [2.24, 2.45) is 0 Å². The van der Waals surface area contributed by atoms with Crippen LogP contribution in [0.1, 0.15) is 429 Å². The van der Waals surface area contributed by atoms with Crippen molar-refractivity contribution in [1.29, 1.82) is 0 Å². The summed E-state index contributed by atoms with van der Waals surface area (Å²) in [6.45, 7) is 9.10. The number of aromatic nitrogens is 8. The minimum atomic E-state index is 0.0870. The lowest BCUT2D eigenvalue weighted by molar-refractivity contribution is 0.0971. The number of hydrogen-bond acceptors (Lipinski definition) is 10. The monoisotopic (exact) mass is 1470 g/mol. The summed E-state index contributed by atoms with van der Waals surface area (Å²) in [5.74, 6) is 1.92. The Labute approximate surface area is 650 Å². The molecule has 586 valence electrons. The van der Waals surface area contributed by atoms with Gasteiger partial charge in [-0.05, 0) is 74.2 Å². The Morgan fingerprint density at radius 3 is 0.648 bits per heavy atom. The number of Topliss-reactive ketones (excluding diaryl/α,β-unsaturated/α-hetero) is 4. The molecular formula is C96H138N8O4. The van der Waals surface area contributed by atoms with Crippen LogP contribution in [0.15, 0.2) is 72.8 Å². The van der Waals surface area contributed by atoms with Gasteiger partial charge >= 0.3 is 0 Å². The zero-order valence-electron chi connectivity index (χ0n) is 67.8. The first-order valence-electron chi connectivity index (χ1n) is 44.7. The van der Waals surface area contributed by atoms with Gasteiger partial charge in [0.05, 0.1) is 0 Å². The highest BCUT2D eigenvalue weighted by Crippen LogP contribution is 2.39. The molecule has 8 bridgehead atoms. The van der Waals surface area contributed by atoms with Gasteiger partial charge in [0.15, 0.2) is 46.4 Å². The van der Waals surface area contributed by atoms with E-state index in [4.69, 9.17) is 29.9 Å². The van der Waals surface area contributed by atoms with Crippen LogP contribution in [0.2, 0.25) is 0 Å². The number of unbranched alkanes of at least 4 members (excludes halogenated alkanes) is 48. The van der Waals surface area contributed by atoms with Crippen LogP contribution in [0.5, 0.6) is 0 Å². The smallest absolute Gasteiger partial charge is 0.164 e.